The largest absolute Gasteiger partial charge is 0.354 e. The summed E-state index contributed by atoms with van der Waals surface area (Å²) in [7, 11) is 0. The molecule has 0 bridgehead atoms. The SMILES string of the molecule is CCN1CCC[C@@H]1[C@@H]1CCCN1C(=O)CCCNc1ncccn1. The number of hydrogen-bond donors (Lipinski definition) is 1. The first-order valence-corrected chi connectivity index (χ1v) is 9.34. The topological polar surface area (TPSA) is 61.4 Å². The number of carbonyl (C=O) groups excluding carboxylic acids is 1. The van der Waals surface area contributed by atoms with Crippen LogP contribution in [-0.2, 0) is 4.79 Å². The molecule has 6 nitrogen and oxygen atoms in total. The normalized spacial score (nSPS) is 24.5. The molecule has 0 aromatic carbocycles. The first-order chi connectivity index (χ1) is 11.8. The summed E-state index contributed by atoms with van der Waals surface area (Å²) in [5, 5.41) is 3.17. The molecule has 1 N–H and O–H groups in total. The van der Waals surface area contributed by atoms with Crippen LogP contribution in [0.15, 0.2) is 18.5 Å². The second-order valence-corrected chi connectivity index (χ2v) is 6.74. The minimum Gasteiger partial charge on any atom is -0.354 e. The number of amides is 1. The number of anilines is 1. The van der Waals surface area contributed by atoms with E-state index in [0.717, 1.165) is 32.5 Å². The van der Waals surface area contributed by atoms with E-state index < -0.39 is 0 Å². The Bertz CT molecular complexity index is 523. The average Bonchev–Trinajstić information content (AvgIpc) is 3.27. The Balaban J connectivity index is 1.45. The second-order valence-electron chi connectivity index (χ2n) is 6.74. The van der Waals surface area contributed by atoms with Gasteiger partial charge >= 0.3 is 0 Å². The van der Waals surface area contributed by atoms with Gasteiger partial charge in [-0.3, -0.25) is 9.69 Å². The summed E-state index contributed by atoms with van der Waals surface area (Å²) in [6.07, 6.45) is 9.71. The summed E-state index contributed by atoms with van der Waals surface area (Å²) in [5.74, 6) is 0.949. The predicted molar refractivity (Wildman–Crippen MR) is 94.8 cm³/mol. The summed E-state index contributed by atoms with van der Waals surface area (Å²) in [4.78, 5) is 25.7. The Labute approximate surface area is 144 Å². The maximum atomic E-state index is 12.7. The highest BCUT2D eigenvalue weighted by Crippen LogP contribution is 2.30. The lowest BCUT2D eigenvalue weighted by Crippen LogP contribution is -2.48. The second kappa shape index (κ2) is 8.42. The molecule has 2 aliphatic heterocycles. The van der Waals surface area contributed by atoms with Gasteiger partial charge in [0.1, 0.15) is 0 Å². The third kappa shape index (κ3) is 4.04. The molecule has 2 saturated heterocycles. The van der Waals surface area contributed by atoms with Gasteiger partial charge < -0.3 is 10.2 Å². The van der Waals surface area contributed by atoms with Crippen LogP contribution in [0.2, 0.25) is 0 Å². The molecular formula is C18H29N5O. The molecule has 2 aliphatic rings. The lowest BCUT2D eigenvalue weighted by molar-refractivity contribution is -0.133. The molecule has 0 unspecified atom stereocenters. The summed E-state index contributed by atoms with van der Waals surface area (Å²) in [6, 6.07) is 2.81. The molecule has 6 heteroatoms. The van der Waals surface area contributed by atoms with Crippen LogP contribution in [0.1, 0.15) is 45.4 Å². The van der Waals surface area contributed by atoms with Gasteiger partial charge in [-0.2, -0.15) is 0 Å². The summed E-state index contributed by atoms with van der Waals surface area (Å²) >= 11 is 0. The van der Waals surface area contributed by atoms with Crippen molar-refractivity contribution < 1.29 is 4.79 Å². The third-order valence-electron chi connectivity index (χ3n) is 5.30. The number of nitrogens with zero attached hydrogens (tertiary/aromatic N) is 4. The Hall–Kier alpha value is -1.69. The molecule has 0 aliphatic carbocycles. The summed E-state index contributed by atoms with van der Waals surface area (Å²) in [6.45, 7) is 6.20. The average molecular weight is 331 g/mol. The Kier molecular flexibility index (Phi) is 6.01. The van der Waals surface area contributed by atoms with E-state index in [9.17, 15) is 4.79 Å². The standard InChI is InChI=1S/C18H29N5O/c1-2-22-13-4-7-15(22)16-8-5-14-23(16)17(24)9-3-10-19-18-20-11-6-12-21-18/h6,11-12,15-16H,2-5,7-10,13-14H2,1H3,(H,19,20,21)/t15-,16+/m1/s1. The molecule has 132 valence electrons. The van der Waals surface area contributed by atoms with Crippen LogP contribution in [0.4, 0.5) is 5.95 Å². The number of carbonyl (C=O) groups is 1. The zero-order chi connectivity index (χ0) is 16.8. The van der Waals surface area contributed by atoms with Gasteiger partial charge in [-0.25, -0.2) is 9.97 Å². The molecule has 2 atom stereocenters. The van der Waals surface area contributed by atoms with Crippen molar-refractivity contribution in [2.75, 3.05) is 31.5 Å². The molecule has 0 radical (unpaired) electrons. The minimum atomic E-state index is 0.316. The quantitative estimate of drug-likeness (QED) is 0.776. The minimum absolute atomic E-state index is 0.316. The molecule has 0 saturated carbocycles. The monoisotopic (exact) mass is 331 g/mol. The van der Waals surface area contributed by atoms with Crippen molar-refractivity contribution in [2.24, 2.45) is 0 Å². The maximum absolute atomic E-state index is 12.7. The summed E-state index contributed by atoms with van der Waals surface area (Å²) in [5.41, 5.74) is 0. The van der Waals surface area contributed by atoms with Crippen LogP contribution < -0.4 is 5.32 Å². The van der Waals surface area contributed by atoms with Crippen molar-refractivity contribution in [3.63, 3.8) is 0 Å². The lowest BCUT2D eigenvalue weighted by atomic mass is 10.0. The van der Waals surface area contributed by atoms with Gasteiger partial charge in [-0.1, -0.05) is 6.92 Å². The number of likely N-dealkylation sites (N-methyl/N-ethyl adjacent to an activating group) is 1. The molecule has 0 spiro atoms. The smallest absolute Gasteiger partial charge is 0.222 e. The van der Waals surface area contributed by atoms with Gasteiger partial charge in [-0.15, -0.1) is 0 Å². The van der Waals surface area contributed by atoms with Gasteiger partial charge in [-0.05, 0) is 51.3 Å². The van der Waals surface area contributed by atoms with E-state index in [1.54, 1.807) is 18.5 Å². The Morgan fingerprint density at radius 3 is 2.75 bits per heavy atom. The van der Waals surface area contributed by atoms with Crippen LogP contribution in [0.3, 0.4) is 0 Å². The molecule has 3 rings (SSSR count). The Morgan fingerprint density at radius 2 is 1.96 bits per heavy atom. The van der Waals surface area contributed by atoms with Crippen LogP contribution in [-0.4, -0.2) is 63.9 Å². The maximum Gasteiger partial charge on any atom is 0.222 e. The number of likely N-dealkylation sites (tertiary alicyclic amines) is 2. The zero-order valence-corrected chi connectivity index (χ0v) is 14.7. The van der Waals surface area contributed by atoms with E-state index in [-0.39, 0.29) is 0 Å². The number of hydrogen-bond acceptors (Lipinski definition) is 5. The van der Waals surface area contributed by atoms with E-state index in [0.29, 0.717) is 30.4 Å². The molecule has 1 amide bonds. The fraction of sp³-hybridized carbons (Fsp3) is 0.722. The number of nitrogens with one attached hydrogen (secondary N) is 1. The van der Waals surface area contributed by atoms with Crippen molar-refractivity contribution in [1.82, 2.24) is 19.8 Å². The van der Waals surface area contributed by atoms with Gasteiger partial charge in [0.15, 0.2) is 0 Å². The number of aromatic nitrogens is 2. The highest BCUT2D eigenvalue weighted by Gasteiger charge is 2.38. The predicted octanol–water partition coefficient (Wildman–Crippen LogP) is 2.14. The molecule has 1 aromatic rings. The highest BCUT2D eigenvalue weighted by molar-refractivity contribution is 5.77. The van der Waals surface area contributed by atoms with Gasteiger partial charge in [0.25, 0.3) is 0 Å². The van der Waals surface area contributed by atoms with Crippen molar-refractivity contribution in [3.05, 3.63) is 18.5 Å². The van der Waals surface area contributed by atoms with Crippen LogP contribution in [0.25, 0.3) is 0 Å². The molecule has 2 fully saturated rings. The van der Waals surface area contributed by atoms with Crippen molar-refractivity contribution in [3.8, 4) is 0 Å². The van der Waals surface area contributed by atoms with Crippen molar-refractivity contribution in [1.29, 1.82) is 0 Å². The summed E-state index contributed by atoms with van der Waals surface area (Å²) < 4.78 is 0. The fourth-order valence-electron chi connectivity index (χ4n) is 4.16. The van der Waals surface area contributed by atoms with Gasteiger partial charge in [0.05, 0.1) is 0 Å². The van der Waals surface area contributed by atoms with Crippen LogP contribution >= 0.6 is 0 Å². The van der Waals surface area contributed by atoms with E-state index >= 15 is 0 Å². The first-order valence-electron chi connectivity index (χ1n) is 9.34. The molecule has 3 heterocycles. The van der Waals surface area contributed by atoms with Crippen molar-refractivity contribution in [2.45, 2.75) is 57.5 Å². The van der Waals surface area contributed by atoms with Crippen molar-refractivity contribution >= 4 is 11.9 Å². The molecule has 1 aromatic heterocycles. The zero-order valence-electron chi connectivity index (χ0n) is 14.7. The van der Waals surface area contributed by atoms with E-state index in [1.807, 2.05) is 0 Å². The first kappa shape index (κ1) is 17.1. The lowest BCUT2D eigenvalue weighted by Gasteiger charge is -2.34. The molecular weight excluding hydrogens is 302 g/mol. The van der Waals surface area contributed by atoms with Gasteiger partial charge in [0, 0.05) is 44.0 Å². The van der Waals surface area contributed by atoms with E-state index in [2.05, 4.69) is 32.0 Å². The molecule has 24 heavy (non-hydrogen) atoms. The fourth-order valence-corrected chi connectivity index (χ4v) is 4.16. The van der Waals surface area contributed by atoms with E-state index in [4.69, 9.17) is 0 Å². The Morgan fingerprint density at radius 1 is 1.21 bits per heavy atom. The number of rotatable bonds is 7. The van der Waals surface area contributed by atoms with Crippen LogP contribution in [0.5, 0.6) is 0 Å². The third-order valence-corrected chi connectivity index (χ3v) is 5.30. The van der Waals surface area contributed by atoms with Crippen LogP contribution in [0, 0.1) is 0 Å². The van der Waals surface area contributed by atoms with E-state index in [1.165, 1.54) is 25.8 Å². The van der Waals surface area contributed by atoms with Gasteiger partial charge in [0.2, 0.25) is 11.9 Å². The highest BCUT2D eigenvalue weighted by atomic mass is 16.2.